The summed E-state index contributed by atoms with van der Waals surface area (Å²) in [5.74, 6) is -0.227. The van der Waals surface area contributed by atoms with Gasteiger partial charge in [0.15, 0.2) is 5.01 Å². The van der Waals surface area contributed by atoms with Gasteiger partial charge in [0, 0.05) is 29.2 Å². The Morgan fingerprint density at radius 2 is 1.71 bits per heavy atom. The van der Waals surface area contributed by atoms with Crippen molar-refractivity contribution in [3.63, 3.8) is 0 Å². The Labute approximate surface area is 209 Å². The molecule has 0 bridgehead atoms. The Kier molecular flexibility index (Phi) is 8.26. The Hall–Kier alpha value is -3.28. The van der Waals surface area contributed by atoms with Crippen molar-refractivity contribution >= 4 is 38.9 Å². The van der Waals surface area contributed by atoms with Crippen molar-refractivity contribution in [3.05, 3.63) is 70.7 Å². The van der Waals surface area contributed by atoms with E-state index in [-0.39, 0.29) is 16.3 Å². The van der Waals surface area contributed by atoms with E-state index < -0.39 is 33.4 Å². The minimum absolute atomic E-state index is 0.0808. The zero-order valence-electron chi connectivity index (χ0n) is 19.9. The van der Waals surface area contributed by atoms with Crippen LogP contribution in [0.25, 0.3) is 0 Å². The molecule has 2 aromatic carbocycles. The molecule has 3 N–H and O–H groups in total. The van der Waals surface area contributed by atoms with Gasteiger partial charge in [-0.2, -0.15) is 0 Å². The van der Waals surface area contributed by atoms with Crippen molar-refractivity contribution in [1.29, 1.82) is 0 Å². The van der Waals surface area contributed by atoms with Crippen LogP contribution in [0.2, 0.25) is 0 Å². The maximum absolute atomic E-state index is 13.1. The second-order valence-electron chi connectivity index (χ2n) is 8.78. The number of hydrogen-bond acceptors (Lipinski definition) is 7. The van der Waals surface area contributed by atoms with Crippen LogP contribution >= 0.6 is 11.3 Å². The summed E-state index contributed by atoms with van der Waals surface area (Å²) in [6.07, 6.45) is 1.75. The van der Waals surface area contributed by atoms with Gasteiger partial charge in [-0.1, -0.05) is 12.1 Å². The summed E-state index contributed by atoms with van der Waals surface area (Å²) < 4.78 is 32.8. The van der Waals surface area contributed by atoms with Crippen LogP contribution in [-0.4, -0.2) is 43.9 Å². The number of carbonyl (C=O) groups is 2. The van der Waals surface area contributed by atoms with Crippen LogP contribution in [-0.2, 0) is 21.2 Å². The van der Waals surface area contributed by atoms with E-state index in [1.807, 2.05) is 12.1 Å². The number of carbonyl (C=O) groups excluding carboxylic acids is 2. The lowest BCUT2D eigenvalue weighted by Crippen LogP contribution is -2.45. The number of ether oxygens (including phenoxy) is 1. The monoisotopic (exact) mass is 516 g/mol. The van der Waals surface area contributed by atoms with Gasteiger partial charge in [0.1, 0.15) is 11.8 Å². The second-order valence-corrected chi connectivity index (χ2v) is 11.4. The third-order valence-electron chi connectivity index (χ3n) is 4.72. The summed E-state index contributed by atoms with van der Waals surface area (Å²) in [4.78, 5) is 29.8. The van der Waals surface area contributed by atoms with Crippen molar-refractivity contribution in [1.82, 2.24) is 15.0 Å². The molecule has 1 atom stereocenters. The van der Waals surface area contributed by atoms with E-state index >= 15 is 0 Å². The first-order valence-electron chi connectivity index (χ1n) is 10.7. The molecule has 0 aliphatic carbocycles. The van der Waals surface area contributed by atoms with Crippen molar-refractivity contribution in [3.8, 4) is 5.75 Å². The number of aromatic nitrogens is 1. The maximum atomic E-state index is 13.1. The van der Waals surface area contributed by atoms with Gasteiger partial charge in [0.2, 0.25) is 15.9 Å². The van der Waals surface area contributed by atoms with Crippen LogP contribution < -0.4 is 20.1 Å². The van der Waals surface area contributed by atoms with Gasteiger partial charge < -0.3 is 15.4 Å². The molecule has 0 aliphatic rings. The fourth-order valence-electron chi connectivity index (χ4n) is 3.17. The predicted molar refractivity (Wildman–Crippen MR) is 135 cm³/mol. The topological polar surface area (TPSA) is 126 Å². The Balaban J connectivity index is 1.76. The van der Waals surface area contributed by atoms with E-state index in [1.54, 1.807) is 45.4 Å². The summed E-state index contributed by atoms with van der Waals surface area (Å²) in [6.45, 7) is 5.26. The molecule has 0 saturated heterocycles. The number of amides is 2. The number of hydrogen-bond donors (Lipinski definition) is 3. The van der Waals surface area contributed by atoms with Crippen LogP contribution in [0.3, 0.4) is 0 Å². The Morgan fingerprint density at radius 1 is 1.06 bits per heavy atom. The number of thiazole rings is 1. The average molecular weight is 517 g/mol. The molecule has 0 aliphatic heterocycles. The smallest absolute Gasteiger partial charge is 0.280 e. The predicted octanol–water partition coefficient (Wildman–Crippen LogP) is 3.21. The van der Waals surface area contributed by atoms with Gasteiger partial charge in [0.25, 0.3) is 5.91 Å². The molecular formula is C24H28N4O5S2. The molecule has 0 spiro atoms. The molecule has 1 aromatic heterocycles. The van der Waals surface area contributed by atoms with Gasteiger partial charge in [-0.3, -0.25) is 9.59 Å². The van der Waals surface area contributed by atoms with Crippen molar-refractivity contribution < 1.29 is 22.7 Å². The maximum Gasteiger partial charge on any atom is 0.280 e. The molecule has 0 saturated carbocycles. The molecular weight excluding hydrogens is 488 g/mol. The first-order valence-corrected chi connectivity index (χ1v) is 13.1. The van der Waals surface area contributed by atoms with Crippen molar-refractivity contribution in [2.45, 2.75) is 43.7 Å². The van der Waals surface area contributed by atoms with Crippen LogP contribution in [0.1, 0.15) is 36.1 Å². The molecule has 35 heavy (non-hydrogen) atoms. The standard InChI is InChI=1S/C24H28N4O5S2/c1-24(2,3)28-35(31,32)19-11-7-17(8-12-19)26-21(29)20(27-22(30)23-25-13-14-34-23)15-16-5-9-18(33-4)10-6-16/h5-14,20,28H,15H2,1-4H3,(H,26,29)(H,27,30). The van der Waals surface area contributed by atoms with E-state index in [2.05, 4.69) is 20.3 Å². The highest BCUT2D eigenvalue weighted by Crippen LogP contribution is 2.18. The third-order valence-corrected chi connectivity index (χ3v) is 7.27. The highest BCUT2D eigenvalue weighted by atomic mass is 32.2. The Bertz CT molecular complexity index is 1250. The minimum atomic E-state index is -3.70. The van der Waals surface area contributed by atoms with Crippen molar-refractivity contribution in [2.75, 3.05) is 12.4 Å². The quantitative estimate of drug-likeness (QED) is 0.401. The number of nitrogens with one attached hydrogen (secondary N) is 3. The average Bonchev–Trinajstić information content (AvgIpc) is 3.33. The van der Waals surface area contributed by atoms with E-state index in [0.717, 1.165) is 5.56 Å². The molecule has 3 aromatic rings. The molecule has 186 valence electrons. The zero-order chi connectivity index (χ0) is 25.6. The van der Waals surface area contributed by atoms with Crippen molar-refractivity contribution in [2.24, 2.45) is 0 Å². The molecule has 3 rings (SSSR count). The molecule has 2 amide bonds. The normalized spacial score (nSPS) is 12.6. The fraction of sp³-hybridized carbons (Fsp3) is 0.292. The summed E-state index contributed by atoms with van der Waals surface area (Å²) in [5, 5.41) is 7.42. The molecule has 1 unspecified atom stereocenters. The zero-order valence-corrected chi connectivity index (χ0v) is 21.5. The van der Waals surface area contributed by atoms with E-state index in [4.69, 9.17) is 4.74 Å². The molecule has 1 heterocycles. The molecule has 0 radical (unpaired) electrons. The third kappa shape index (κ3) is 7.61. The van der Waals surface area contributed by atoms with Gasteiger partial charge >= 0.3 is 0 Å². The number of benzene rings is 2. The number of rotatable bonds is 9. The molecule has 0 fully saturated rings. The first-order chi connectivity index (χ1) is 16.5. The SMILES string of the molecule is COc1ccc(CC(NC(=O)c2nccs2)C(=O)Nc2ccc(S(=O)(=O)NC(C)(C)C)cc2)cc1. The lowest BCUT2D eigenvalue weighted by Gasteiger charge is -2.21. The summed E-state index contributed by atoms with van der Waals surface area (Å²) >= 11 is 1.17. The highest BCUT2D eigenvalue weighted by Gasteiger charge is 2.24. The second kappa shape index (κ2) is 11.0. The van der Waals surface area contributed by atoms with Crippen LogP contribution in [0.4, 0.5) is 5.69 Å². The summed E-state index contributed by atoms with van der Waals surface area (Å²) in [7, 11) is -2.14. The first kappa shape index (κ1) is 26.3. The summed E-state index contributed by atoms with van der Waals surface area (Å²) in [6, 6.07) is 12.1. The lowest BCUT2D eigenvalue weighted by atomic mass is 10.0. The van der Waals surface area contributed by atoms with Gasteiger partial charge in [-0.05, 0) is 62.7 Å². The van der Waals surface area contributed by atoms with Gasteiger partial charge in [-0.15, -0.1) is 11.3 Å². The minimum Gasteiger partial charge on any atom is -0.497 e. The molecule has 11 heteroatoms. The number of sulfonamides is 1. The molecule has 9 nitrogen and oxygen atoms in total. The number of anilines is 1. The van der Waals surface area contributed by atoms with Crippen LogP contribution in [0.15, 0.2) is 65.0 Å². The van der Waals surface area contributed by atoms with E-state index in [9.17, 15) is 18.0 Å². The highest BCUT2D eigenvalue weighted by molar-refractivity contribution is 7.89. The van der Waals surface area contributed by atoms with E-state index in [1.165, 1.54) is 41.8 Å². The largest absolute Gasteiger partial charge is 0.497 e. The van der Waals surface area contributed by atoms with Gasteiger partial charge in [-0.25, -0.2) is 18.1 Å². The summed E-state index contributed by atoms with van der Waals surface area (Å²) in [5.41, 5.74) is 0.587. The van der Waals surface area contributed by atoms with E-state index in [0.29, 0.717) is 11.4 Å². The fourth-order valence-corrected chi connectivity index (χ4v) is 5.13. The number of methoxy groups -OCH3 is 1. The number of nitrogens with zero attached hydrogens (tertiary/aromatic N) is 1. The Morgan fingerprint density at radius 3 is 2.26 bits per heavy atom. The van der Waals surface area contributed by atoms with Gasteiger partial charge in [0.05, 0.1) is 12.0 Å². The van der Waals surface area contributed by atoms with Crippen LogP contribution in [0, 0.1) is 0 Å². The van der Waals surface area contributed by atoms with Crippen LogP contribution in [0.5, 0.6) is 5.75 Å². The lowest BCUT2D eigenvalue weighted by molar-refractivity contribution is -0.118.